The van der Waals surface area contributed by atoms with Gasteiger partial charge < -0.3 is 14.7 Å². The molecule has 0 saturated heterocycles. The number of benzene rings is 1. The molecule has 1 aromatic carbocycles. The summed E-state index contributed by atoms with van der Waals surface area (Å²) in [5, 5.41) is 12.7. The summed E-state index contributed by atoms with van der Waals surface area (Å²) in [6.45, 7) is 0.846. The predicted molar refractivity (Wildman–Crippen MR) is 77.5 cm³/mol. The lowest BCUT2D eigenvalue weighted by Crippen LogP contribution is -2.38. The van der Waals surface area contributed by atoms with Gasteiger partial charge in [-0.25, -0.2) is 9.78 Å². The second-order valence-electron chi connectivity index (χ2n) is 4.23. The van der Waals surface area contributed by atoms with Crippen molar-refractivity contribution in [3.05, 3.63) is 38.8 Å². The lowest BCUT2D eigenvalue weighted by atomic mass is 10.2. The highest BCUT2D eigenvalue weighted by atomic mass is 35.5. The average molecular weight is 345 g/mol. The number of rotatable bonds is 3. The standard InChI is InChI=1S/C13H10Cl2N2O5/c1-6(18)22-5-10-12(13(19)21-2)17(20)11-4-8(15)7(14)3-9(11)16-10/h3-4H,5H2,1-2H3. The molecule has 2 rings (SSSR count). The predicted octanol–water partition coefficient (Wildman–Crippen LogP) is 2.02. The fourth-order valence-corrected chi connectivity index (χ4v) is 2.10. The van der Waals surface area contributed by atoms with Gasteiger partial charge in [0.25, 0.3) is 0 Å². The van der Waals surface area contributed by atoms with Crippen LogP contribution in [-0.4, -0.2) is 24.0 Å². The number of halogens is 2. The fraction of sp³-hybridized carbons (Fsp3) is 0.231. The third kappa shape index (κ3) is 3.05. The molecule has 0 spiro atoms. The number of hydrogen-bond donors (Lipinski definition) is 0. The highest BCUT2D eigenvalue weighted by molar-refractivity contribution is 6.42. The van der Waals surface area contributed by atoms with E-state index in [0.29, 0.717) is 4.73 Å². The van der Waals surface area contributed by atoms with Crippen molar-refractivity contribution in [2.24, 2.45) is 0 Å². The number of carbonyl (C=O) groups excluding carboxylic acids is 2. The largest absolute Gasteiger partial charge is 0.618 e. The van der Waals surface area contributed by atoms with E-state index in [9.17, 15) is 14.8 Å². The zero-order valence-electron chi connectivity index (χ0n) is 11.6. The minimum absolute atomic E-state index is 0.0389. The summed E-state index contributed by atoms with van der Waals surface area (Å²) >= 11 is 11.8. The molecule has 7 nitrogen and oxygen atoms in total. The van der Waals surface area contributed by atoms with Crippen LogP contribution in [0.4, 0.5) is 0 Å². The lowest BCUT2D eigenvalue weighted by molar-refractivity contribution is -0.581. The van der Waals surface area contributed by atoms with E-state index in [0.717, 1.165) is 7.11 Å². The molecule has 0 radical (unpaired) electrons. The van der Waals surface area contributed by atoms with Crippen molar-refractivity contribution in [2.75, 3.05) is 7.11 Å². The van der Waals surface area contributed by atoms with Crippen molar-refractivity contribution in [1.82, 2.24) is 4.98 Å². The minimum Gasteiger partial charge on any atom is -0.618 e. The van der Waals surface area contributed by atoms with Crippen LogP contribution in [0.1, 0.15) is 23.1 Å². The Labute approximate surface area is 134 Å². The lowest BCUT2D eigenvalue weighted by Gasteiger charge is -2.11. The van der Waals surface area contributed by atoms with Crippen LogP contribution in [0.2, 0.25) is 10.0 Å². The van der Waals surface area contributed by atoms with Crippen LogP contribution in [0.15, 0.2) is 12.1 Å². The van der Waals surface area contributed by atoms with Gasteiger partial charge in [0.2, 0.25) is 5.52 Å². The van der Waals surface area contributed by atoms with Gasteiger partial charge in [0.05, 0.1) is 17.2 Å². The zero-order valence-corrected chi connectivity index (χ0v) is 13.1. The van der Waals surface area contributed by atoms with E-state index >= 15 is 0 Å². The Morgan fingerprint density at radius 2 is 1.95 bits per heavy atom. The Balaban J connectivity index is 2.72. The molecule has 0 aliphatic heterocycles. The summed E-state index contributed by atoms with van der Waals surface area (Å²) in [6.07, 6.45) is 0. The monoisotopic (exact) mass is 344 g/mol. The highest BCUT2D eigenvalue weighted by Crippen LogP contribution is 2.26. The van der Waals surface area contributed by atoms with E-state index in [4.69, 9.17) is 27.9 Å². The quantitative estimate of drug-likeness (QED) is 0.480. The van der Waals surface area contributed by atoms with Crippen LogP contribution >= 0.6 is 23.2 Å². The van der Waals surface area contributed by atoms with Crippen LogP contribution < -0.4 is 4.73 Å². The van der Waals surface area contributed by atoms with Crippen molar-refractivity contribution in [3.63, 3.8) is 0 Å². The van der Waals surface area contributed by atoms with Gasteiger partial charge in [-0.05, 0) is 6.07 Å². The summed E-state index contributed by atoms with van der Waals surface area (Å²) in [7, 11) is 1.12. The van der Waals surface area contributed by atoms with E-state index in [1.165, 1.54) is 19.1 Å². The maximum absolute atomic E-state index is 12.4. The van der Waals surface area contributed by atoms with E-state index in [1.807, 2.05) is 0 Å². The van der Waals surface area contributed by atoms with Crippen molar-refractivity contribution < 1.29 is 23.8 Å². The second-order valence-corrected chi connectivity index (χ2v) is 5.04. The Kier molecular flexibility index (Phi) is 4.68. The van der Waals surface area contributed by atoms with Crippen molar-refractivity contribution in [2.45, 2.75) is 13.5 Å². The molecule has 0 aliphatic carbocycles. The molecule has 0 fully saturated rings. The molecule has 1 aromatic heterocycles. The first-order valence-corrected chi connectivity index (χ1v) is 6.73. The van der Waals surface area contributed by atoms with Crippen LogP contribution in [0.5, 0.6) is 0 Å². The summed E-state index contributed by atoms with van der Waals surface area (Å²) in [4.78, 5) is 26.9. The van der Waals surface area contributed by atoms with Crippen LogP contribution in [0, 0.1) is 5.21 Å². The number of carbonyl (C=O) groups is 2. The third-order valence-corrected chi connectivity index (χ3v) is 3.48. The van der Waals surface area contributed by atoms with Crippen LogP contribution in [-0.2, 0) is 20.9 Å². The van der Waals surface area contributed by atoms with Gasteiger partial charge in [-0.3, -0.25) is 4.79 Å². The number of fused-ring (bicyclic) bond motifs is 1. The molecule has 0 unspecified atom stereocenters. The first kappa shape index (κ1) is 16.3. The molecule has 22 heavy (non-hydrogen) atoms. The fourth-order valence-electron chi connectivity index (χ4n) is 1.78. The smallest absolute Gasteiger partial charge is 0.406 e. The SMILES string of the molecule is COC(=O)c1c(COC(C)=O)nc2cc(Cl)c(Cl)cc2[n+]1[O-]. The molecule has 0 bridgehead atoms. The summed E-state index contributed by atoms with van der Waals surface area (Å²) < 4.78 is 9.70. The molecule has 0 amide bonds. The molecule has 0 atom stereocenters. The van der Waals surface area contributed by atoms with Gasteiger partial charge in [0, 0.05) is 13.0 Å². The molecule has 0 N–H and O–H groups in total. The number of hydrogen-bond acceptors (Lipinski definition) is 6. The zero-order chi connectivity index (χ0) is 16.4. The number of esters is 2. The third-order valence-electron chi connectivity index (χ3n) is 2.76. The number of aromatic nitrogens is 2. The topological polar surface area (TPSA) is 92.4 Å². The van der Waals surface area contributed by atoms with Crippen molar-refractivity contribution >= 4 is 46.2 Å². The van der Waals surface area contributed by atoms with Gasteiger partial charge >= 0.3 is 17.6 Å². The molecule has 116 valence electrons. The van der Waals surface area contributed by atoms with E-state index < -0.39 is 11.9 Å². The molecule has 0 saturated carbocycles. The molecule has 1 heterocycles. The summed E-state index contributed by atoms with van der Waals surface area (Å²) in [5.41, 5.74) is -0.168. The second kappa shape index (κ2) is 6.33. The van der Waals surface area contributed by atoms with Gasteiger partial charge in [-0.15, -0.1) is 0 Å². The first-order valence-electron chi connectivity index (χ1n) is 5.98. The van der Waals surface area contributed by atoms with Gasteiger partial charge in [0.1, 0.15) is 12.1 Å². The Hall–Kier alpha value is -2.12. The Bertz CT molecular complexity index is 779. The van der Waals surface area contributed by atoms with E-state index in [-0.39, 0.29) is 39.1 Å². The van der Waals surface area contributed by atoms with Gasteiger partial charge in [-0.1, -0.05) is 23.2 Å². The molecule has 0 aliphatic rings. The molecular formula is C13H10Cl2N2O5. The average Bonchev–Trinajstić information content (AvgIpc) is 2.46. The molecule has 9 heteroatoms. The number of ether oxygens (including phenoxy) is 2. The Morgan fingerprint density at radius 1 is 1.32 bits per heavy atom. The summed E-state index contributed by atoms with van der Waals surface area (Å²) in [5.74, 6) is -1.48. The van der Waals surface area contributed by atoms with Crippen molar-refractivity contribution in [3.8, 4) is 0 Å². The van der Waals surface area contributed by atoms with Crippen molar-refractivity contribution in [1.29, 1.82) is 0 Å². The van der Waals surface area contributed by atoms with Crippen LogP contribution in [0.3, 0.4) is 0 Å². The molecule has 2 aromatic rings. The van der Waals surface area contributed by atoms with Gasteiger partial charge in [0.15, 0.2) is 5.69 Å². The normalized spacial score (nSPS) is 10.5. The Morgan fingerprint density at radius 3 is 2.55 bits per heavy atom. The minimum atomic E-state index is -0.905. The molecular weight excluding hydrogens is 335 g/mol. The van der Waals surface area contributed by atoms with E-state index in [2.05, 4.69) is 9.72 Å². The first-order chi connectivity index (χ1) is 10.3. The number of methoxy groups -OCH3 is 1. The maximum Gasteiger partial charge on any atom is 0.406 e. The van der Waals surface area contributed by atoms with E-state index in [1.54, 1.807) is 0 Å². The van der Waals surface area contributed by atoms with Crippen LogP contribution in [0.25, 0.3) is 11.0 Å². The number of nitrogens with zero attached hydrogens (tertiary/aromatic N) is 2. The summed E-state index contributed by atoms with van der Waals surface area (Å²) in [6, 6.07) is 2.67. The van der Waals surface area contributed by atoms with Gasteiger partial charge in [-0.2, -0.15) is 4.73 Å². The maximum atomic E-state index is 12.4. The highest BCUT2D eigenvalue weighted by Gasteiger charge is 2.28.